The van der Waals surface area contributed by atoms with Crippen LogP contribution < -0.4 is 9.62 Å². The summed E-state index contributed by atoms with van der Waals surface area (Å²) in [5, 5.41) is 2.94. The Bertz CT molecular complexity index is 1340. The number of carbonyl (C=O) groups excluding carboxylic acids is 2. The van der Waals surface area contributed by atoms with E-state index in [9.17, 15) is 18.0 Å². The van der Waals surface area contributed by atoms with Gasteiger partial charge in [-0.3, -0.25) is 13.9 Å². The van der Waals surface area contributed by atoms with Gasteiger partial charge in [0.05, 0.1) is 10.6 Å². The highest BCUT2D eigenvalue weighted by atomic mass is 32.2. The number of aryl methyl sites for hydroxylation is 1. The summed E-state index contributed by atoms with van der Waals surface area (Å²) in [7, 11) is -4.08. The number of rotatable bonds is 11. The number of anilines is 1. The molecule has 8 heteroatoms. The molecule has 0 saturated carbocycles. The molecule has 0 aliphatic heterocycles. The predicted molar refractivity (Wildman–Crippen MR) is 151 cm³/mol. The molecule has 2 unspecified atom stereocenters. The van der Waals surface area contributed by atoms with Gasteiger partial charge >= 0.3 is 0 Å². The average molecular weight is 536 g/mol. The topological polar surface area (TPSA) is 86.8 Å². The van der Waals surface area contributed by atoms with Crippen molar-refractivity contribution >= 4 is 27.5 Å². The van der Waals surface area contributed by atoms with Gasteiger partial charge in [-0.2, -0.15) is 0 Å². The minimum Gasteiger partial charge on any atom is -0.352 e. The van der Waals surface area contributed by atoms with Gasteiger partial charge in [0.15, 0.2) is 0 Å². The van der Waals surface area contributed by atoms with E-state index < -0.39 is 28.5 Å². The van der Waals surface area contributed by atoms with Crippen molar-refractivity contribution in [3.8, 4) is 0 Å². The number of sulfonamides is 1. The number of nitrogens with one attached hydrogen (secondary N) is 1. The van der Waals surface area contributed by atoms with Gasteiger partial charge in [-0.1, -0.05) is 67.6 Å². The van der Waals surface area contributed by atoms with Crippen molar-refractivity contribution in [2.24, 2.45) is 0 Å². The Hall–Kier alpha value is -3.65. The fourth-order valence-corrected chi connectivity index (χ4v) is 5.56. The van der Waals surface area contributed by atoms with Gasteiger partial charge < -0.3 is 10.2 Å². The molecule has 0 saturated heterocycles. The van der Waals surface area contributed by atoms with Crippen LogP contribution in [0.15, 0.2) is 83.8 Å². The second-order valence-corrected chi connectivity index (χ2v) is 11.4. The number of benzene rings is 3. The summed E-state index contributed by atoms with van der Waals surface area (Å²) in [4.78, 5) is 28.6. The highest BCUT2D eigenvalue weighted by molar-refractivity contribution is 7.92. The van der Waals surface area contributed by atoms with E-state index >= 15 is 0 Å². The van der Waals surface area contributed by atoms with Crippen LogP contribution in [0.1, 0.15) is 43.9 Å². The Balaban J connectivity index is 2.04. The molecule has 202 valence electrons. The Morgan fingerprint density at radius 1 is 0.868 bits per heavy atom. The van der Waals surface area contributed by atoms with Crippen molar-refractivity contribution in [2.45, 2.75) is 64.6 Å². The lowest BCUT2D eigenvalue weighted by atomic mass is 10.1. The maximum Gasteiger partial charge on any atom is 0.264 e. The van der Waals surface area contributed by atoms with Crippen LogP contribution in [0.5, 0.6) is 0 Å². The van der Waals surface area contributed by atoms with E-state index in [1.807, 2.05) is 64.1 Å². The van der Waals surface area contributed by atoms with Gasteiger partial charge in [-0.15, -0.1) is 0 Å². The molecule has 0 heterocycles. The summed E-state index contributed by atoms with van der Waals surface area (Å²) < 4.78 is 28.9. The summed E-state index contributed by atoms with van der Waals surface area (Å²) in [5.41, 5.74) is 2.94. The molecule has 1 N–H and O–H groups in total. The molecule has 3 rings (SSSR count). The average Bonchev–Trinajstić information content (AvgIpc) is 2.92. The Labute approximate surface area is 226 Å². The fraction of sp³-hybridized carbons (Fsp3) is 0.333. The van der Waals surface area contributed by atoms with Crippen molar-refractivity contribution in [1.82, 2.24) is 10.2 Å². The maximum atomic E-state index is 13.9. The van der Waals surface area contributed by atoms with Crippen molar-refractivity contribution in [1.29, 1.82) is 0 Å². The van der Waals surface area contributed by atoms with E-state index in [0.29, 0.717) is 5.69 Å². The van der Waals surface area contributed by atoms with Crippen LogP contribution in [0.2, 0.25) is 0 Å². The van der Waals surface area contributed by atoms with Gasteiger partial charge in [-0.25, -0.2) is 8.42 Å². The third kappa shape index (κ3) is 6.81. The van der Waals surface area contributed by atoms with E-state index in [-0.39, 0.29) is 23.4 Å². The van der Waals surface area contributed by atoms with Gasteiger partial charge in [0.1, 0.15) is 12.6 Å². The summed E-state index contributed by atoms with van der Waals surface area (Å²) in [5.74, 6) is -0.756. The summed E-state index contributed by atoms with van der Waals surface area (Å²) in [6.45, 7) is 9.01. The molecular formula is C30H37N3O4S. The van der Waals surface area contributed by atoms with Crippen LogP contribution in [0, 0.1) is 13.8 Å². The largest absolute Gasteiger partial charge is 0.352 e. The van der Waals surface area contributed by atoms with Gasteiger partial charge in [0.25, 0.3) is 10.0 Å². The molecular weight excluding hydrogens is 498 g/mol. The summed E-state index contributed by atoms with van der Waals surface area (Å²) in [6.07, 6.45) is 0.751. The molecule has 0 aliphatic carbocycles. The molecule has 7 nitrogen and oxygen atoms in total. The normalized spacial score (nSPS) is 12.9. The molecule has 0 spiro atoms. The van der Waals surface area contributed by atoms with Crippen LogP contribution in [0.25, 0.3) is 0 Å². The third-order valence-corrected chi connectivity index (χ3v) is 8.59. The van der Waals surface area contributed by atoms with E-state index in [1.165, 1.54) is 17.0 Å². The number of hydrogen-bond donors (Lipinski definition) is 1. The Kier molecular flexibility index (Phi) is 9.69. The SMILES string of the molecule is CCC(C)NC(=O)C(C)N(Cc1ccccc1)C(=O)CN(c1cccc(C)c1C)S(=O)(=O)c1ccccc1. The zero-order chi connectivity index (χ0) is 27.9. The van der Waals surface area contributed by atoms with Crippen molar-refractivity contribution in [3.05, 3.63) is 95.6 Å². The molecule has 2 atom stereocenters. The number of nitrogens with zero attached hydrogens (tertiary/aromatic N) is 2. The van der Waals surface area contributed by atoms with E-state index in [2.05, 4.69) is 5.32 Å². The highest BCUT2D eigenvalue weighted by Gasteiger charge is 2.33. The van der Waals surface area contributed by atoms with Crippen LogP contribution in [-0.2, 0) is 26.2 Å². The smallest absolute Gasteiger partial charge is 0.264 e. The number of amides is 2. The second kappa shape index (κ2) is 12.7. The summed E-state index contributed by atoms with van der Waals surface area (Å²) in [6, 6.07) is 22.0. The van der Waals surface area contributed by atoms with Crippen molar-refractivity contribution in [3.63, 3.8) is 0 Å². The molecule has 0 aliphatic rings. The first-order valence-electron chi connectivity index (χ1n) is 12.8. The molecule has 2 amide bonds. The zero-order valence-corrected chi connectivity index (χ0v) is 23.5. The third-order valence-electron chi connectivity index (χ3n) is 6.82. The molecule has 3 aromatic rings. The van der Waals surface area contributed by atoms with Crippen LogP contribution in [0.3, 0.4) is 0 Å². The minimum atomic E-state index is -4.08. The highest BCUT2D eigenvalue weighted by Crippen LogP contribution is 2.29. The molecule has 3 aromatic carbocycles. The Morgan fingerprint density at radius 3 is 2.08 bits per heavy atom. The predicted octanol–water partition coefficient (Wildman–Crippen LogP) is 4.83. The van der Waals surface area contributed by atoms with Crippen molar-refractivity contribution < 1.29 is 18.0 Å². The standard InChI is InChI=1S/C30H37N3O4S/c1-6-23(3)31-30(35)25(5)32(20-26-15-9-7-10-16-26)29(34)21-33(28-19-13-14-22(2)24(28)4)38(36,37)27-17-11-8-12-18-27/h7-19,23,25H,6,20-21H2,1-5H3,(H,31,35). The van der Waals surface area contributed by atoms with Gasteiger partial charge in [-0.05, 0) is 69.0 Å². The van der Waals surface area contributed by atoms with Crippen LogP contribution >= 0.6 is 0 Å². The zero-order valence-electron chi connectivity index (χ0n) is 22.7. The quantitative estimate of drug-likeness (QED) is 0.381. The molecule has 0 radical (unpaired) electrons. The number of carbonyl (C=O) groups is 2. The molecule has 0 bridgehead atoms. The van der Waals surface area contributed by atoms with Crippen LogP contribution in [0.4, 0.5) is 5.69 Å². The molecule has 0 fully saturated rings. The molecule has 38 heavy (non-hydrogen) atoms. The second-order valence-electron chi connectivity index (χ2n) is 9.54. The van der Waals surface area contributed by atoms with Crippen LogP contribution in [-0.4, -0.2) is 43.8 Å². The first-order chi connectivity index (χ1) is 18.1. The lowest BCUT2D eigenvalue weighted by Crippen LogP contribution is -2.52. The van der Waals surface area contributed by atoms with E-state index in [0.717, 1.165) is 27.4 Å². The minimum absolute atomic E-state index is 0.0523. The first-order valence-corrected chi connectivity index (χ1v) is 14.3. The fourth-order valence-electron chi connectivity index (χ4n) is 4.07. The lowest BCUT2D eigenvalue weighted by molar-refractivity contribution is -0.139. The first kappa shape index (κ1) is 28.9. The summed E-state index contributed by atoms with van der Waals surface area (Å²) >= 11 is 0. The van der Waals surface area contributed by atoms with Gasteiger partial charge in [0, 0.05) is 12.6 Å². The van der Waals surface area contributed by atoms with E-state index in [4.69, 9.17) is 0 Å². The lowest BCUT2D eigenvalue weighted by Gasteiger charge is -2.33. The maximum absolute atomic E-state index is 13.9. The van der Waals surface area contributed by atoms with Gasteiger partial charge in [0.2, 0.25) is 11.8 Å². The van der Waals surface area contributed by atoms with Crippen molar-refractivity contribution in [2.75, 3.05) is 10.8 Å². The number of hydrogen-bond acceptors (Lipinski definition) is 4. The van der Waals surface area contributed by atoms with E-state index in [1.54, 1.807) is 37.3 Å². The molecule has 0 aromatic heterocycles. The Morgan fingerprint density at radius 2 is 1.47 bits per heavy atom. The monoisotopic (exact) mass is 535 g/mol.